The second-order valence-corrected chi connectivity index (χ2v) is 3.86. The molecule has 74 valence electrons. The van der Waals surface area contributed by atoms with Gasteiger partial charge in [0.25, 0.3) is 0 Å². The molecule has 0 fully saturated rings. The van der Waals surface area contributed by atoms with Crippen molar-refractivity contribution in [3.8, 4) is 0 Å². The quantitative estimate of drug-likeness (QED) is 0.737. The smallest absolute Gasteiger partial charge is 0.0380 e. The summed E-state index contributed by atoms with van der Waals surface area (Å²) in [6.07, 6.45) is 3.42. The van der Waals surface area contributed by atoms with Crippen molar-refractivity contribution >= 4 is 16.5 Å². The molecule has 1 aliphatic rings. The van der Waals surface area contributed by atoms with Crippen LogP contribution in [0.15, 0.2) is 48.5 Å². The number of hydrogen-bond donors (Lipinski definition) is 1. The monoisotopic (exact) mass is 195 g/mol. The molecule has 1 N–H and O–H groups in total. The van der Waals surface area contributed by atoms with Crippen LogP contribution in [0.4, 0.5) is 0 Å². The SMILES string of the molecule is C1=C(c2cccc3ccccc23)NCC1. The zero-order valence-electron chi connectivity index (χ0n) is 8.53. The van der Waals surface area contributed by atoms with E-state index >= 15 is 0 Å². The first-order valence-electron chi connectivity index (χ1n) is 5.37. The zero-order valence-corrected chi connectivity index (χ0v) is 8.53. The Morgan fingerprint density at radius 1 is 0.933 bits per heavy atom. The topological polar surface area (TPSA) is 12.0 Å². The van der Waals surface area contributed by atoms with E-state index in [0.29, 0.717) is 0 Å². The van der Waals surface area contributed by atoms with E-state index in [1.165, 1.54) is 22.0 Å². The molecule has 1 nitrogen and oxygen atoms in total. The molecule has 0 aromatic heterocycles. The predicted molar refractivity (Wildman–Crippen MR) is 64.5 cm³/mol. The largest absolute Gasteiger partial charge is 0.384 e. The van der Waals surface area contributed by atoms with Gasteiger partial charge in [-0.25, -0.2) is 0 Å². The zero-order chi connectivity index (χ0) is 10.1. The molecule has 2 aromatic rings. The van der Waals surface area contributed by atoms with Crippen molar-refractivity contribution in [2.75, 3.05) is 6.54 Å². The van der Waals surface area contributed by atoms with Gasteiger partial charge in [-0.1, -0.05) is 48.5 Å². The van der Waals surface area contributed by atoms with Crippen LogP contribution in [0.1, 0.15) is 12.0 Å². The van der Waals surface area contributed by atoms with Crippen LogP contribution in [0.2, 0.25) is 0 Å². The molecule has 3 rings (SSSR count). The lowest BCUT2D eigenvalue weighted by molar-refractivity contribution is 0.929. The summed E-state index contributed by atoms with van der Waals surface area (Å²) in [5.41, 5.74) is 2.61. The van der Waals surface area contributed by atoms with Gasteiger partial charge < -0.3 is 5.32 Å². The summed E-state index contributed by atoms with van der Waals surface area (Å²) in [5.74, 6) is 0. The molecule has 1 heterocycles. The first kappa shape index (κ1) is 8.54. The van der Waals surface area contributed by atoms with E-state index in [0.717, 1.165) is 13.0 Å². The van der Waals surface area contributed by atoms with Crippen molar-refractivity contribution in [2.45, 2.75) is 6.42 Å². The van der Waals surface area contributed by atoms with E-state index in [4.69, 9.17) is 0 Å². The van der Waals surface area contributed by atoms with Gasteiger partial charge in [0.2, 0.25) is 0 Å². The lowest BCUT2D eigenvalue weighted by Crippen LogP contribution is -2.06. The van der Waals surface area contributed by atoms with Crippen LogP contribution >= 0.6 is 0 Å². The first-order chi connectivity index (χ1) is 7.45. The fourth-order valence-corrected chi connectivity index (χ4v) is 2.16. The first-order valence-corrected chi connectivity index (χ1v) is 5.37. The number of hydrogen-bond acceptors (Lipinski definition) is 1. The van der Waals surface area contributed by atoms with E-state index in [1.54, 1.807) is 0 Å². The van der Waals surface area contributed by atoms with Crippen molar-refractivity contribution in [3.63, 3.8) is 0 Å². The van der Waals surface area contributed by atoms with E-state index in [1.807, 2.05) is 0 Å². The molecule has 0 saturated carbocycles. The average Bonchev–Trinajstić information content (AvgIpc) is 2.82. The minimum atomic E-state index is 1.07. The van der Waals surface area contributed by atoms with Gasteiger partial charge in [-0.2, -0.15) is 0 Å². The highest BCUT2D eigenvalue weighted by atomic mass is 14.9. The van der Waals surface area contributed by atoms with Crippen LogP contribution in [-0.2, 0) is 0 Å². The Morgan fingerprint density at radius 3 is 2.67 bits per heavy atom. The molecule has 0 atom stereocenters. The Labute approximate surface area is 89.4 Å². The molecule has 0 radical (unpaired) electrons. The maximum absolute atomic E-state index is 3.43. The Balaban J connectivity index is 2.26. The third kappa shape index (κ3) is 1.40. The number of rotatable bonds is 1. The van der Waals surface area contributed by atoms with Crippen LogP contribution in [-0.4, -0.2) is 6.54 Å². The van der Waals surface area contributed by atoms with Gasteiger partial charge in [-0.05, 0) is 17.2 Å². The normalized spacial score (nSPS) is 15.1. The average molecular weight is 195 g/mol. The molecule has 0 unspecified atom stereocenters. The summed E-state index contributed by atoms with van der Waals surface area (Å²) in [5, 5.41) is 6.07. The molecular weight excluding hydrogens is 182 g/mol. The summed E-state index contributed by atoms with van der Waals surface area (Å²) >= 11 is 0. The number of benzene rings is 2. The second kappa shape index (κ2) is 3.43. The van der Waals surface area contributed by atoms with Gasteiger partial charge in [-0.15, -0.1) is 0 Å². The van der Waals surface area contributed by atoms with Crippen molar-refractivity contribution in [2.24, 2.45) is 0 Å². The van der Waals surface area contributed by atoms with Crippen molar-refractivity contribution < 1.29 is 0 Å². The molecular formula is C14H13N. The highest BCUT2D eigenvalue weighted by molar-refractivity contribution is 5.93. The summed E-state index contributed by atoms with van der Waals surface area (Å²) in [4.78, 5) is 0. The van der Waals surface area contributed by atoms with Crippen molar-refractivity contribution in [1.29, 1.82) is 0 Å². The Kier molecular flexibility index (Phi) is 1.95. The van der Waals surface area contributed by atoms with Crippen LogP contribution < -0.4 is 5.32 Å². The highest BCUT2D eigenvalue weighted by Gasteiger charge is 2.08. The van der Waals surface area contributed by atoms with Crippen LogP contribution in [0, 0.1) is 0 Å². The van der Waals surface area contributed by atoms with Crippen LogP contribution in [0.25, 0.3) is 16.5 Å². The number of nitrogens with one attached hydrogen (secondary N) is 1. The summed E-state index contributed by atoms with van der Waals surface area (Å²) in [7, 11) is 0. The Morgan fingerprint density at radius 2 is 1.80 bits per heavy atom. The van der Waals surface area contributed by atoms with Crippen molar-refractivity contribution in [1.82, 2.24) is 5.32 Å². The van der Waals surface area contributed by atoms with Gasteiger partial charge in [0, 0.05) is 17.8 Å². The van der Waals surface area contributed by atoms with Gasteiger partial charge in [-0.3, -0.25) is 0 Å². The fraction of sp³-hybridized carbons (Fsp3) is 0.143. The lowest BCUT2D eigenvalue weighted by Gasteiger charge is -2.08. The third-order valence-electron chi connectivity index (χ3n) is 2.89. The summed E-state index contributed by atoms with van der Waals surface area (Å²) in [6.45, 7) is 1.07. The minimum absolute atomic E-state index is 1.07. The number of fused-ring (bicyclic) bond motifs is 1. The second-order valence-electron chi connectivity index (χ2n) is 3.86. The van der Waals surface area contributed by atoms with Gasteiger partial charge in [0.15, 0.2) is 0 Å². The molecule has 0 amide bonds. The summed E-state index contributed by atoms with van der Waals surface area (Å²) in [6, 6.07) is 15.0. The molecule has 2 aromatic carbocycles. The summed E-state index contributed by atoms with van der Waals surface area (Å²) < 4.78 is 0. The standard InChI is InChI=1S/C14H13N/c1-2-7-12-11(5-1)6-3-8-13(12)14-9-4-10-15-14/h1-3,5-9,15H,4,10H2. The van der Waals surface area contributed by atoms with Gasteiger partial charge in [0.05, 0.1) is 0 Å². The Bertz CT molecular complexity index is 520. The maximum atomic E-state index is 3.43. The van der Waals surface area contributed by atoms with E-state index in [2.05, 4.69) is 53.9 Å². The molecule has 0 bridgehead atoms. The highest BCUT2D eigenvalue weighted by Crippen LogP contribution is 2.25. The van der Waals surface area contributed by atoms with Crippen LogP contribution in [0.5, 0.6) is 0 Å². The Hall–Kier alpha value is -1.76. The third-order valence-corrected chi connectivity index (χ3v) is 2.89. The maximum Gasteiger partial charge on any atom is 0.0380 e. The van der Waals surface area contributed by atoms with Gasteiger partial charge in [0.1, 0.15) is 0 Å². The molecule has 15 heavy (non-hydrogen) atoms. The molecule has 0 saturated heterocycles. The van der Waals surface area contributed by atoms with E-state index in [9.17, 15) is 0 Å². The predicted octanol–water partition coefficient (Wildman–Crippen LogP) is 3.17. The van der Waals surface area contributed by atoms with E-state index in [-0.39, 0.29) is 0 Å². The molecule has 1 heteroatoms. The molecule has 0 aliphatic carbocycles. The van der Waals surface area contributed by atoms with Gasteiger partial charge >= 0.3 is 0 Å². The fourth-order valence-electron chi connectivity index (χ4n) is 2.16. The van der Waals surface area contributed by atoms with Crippen LogP contribution in [0.3, 0.4) is 0 Å². The van der Waals surface area contributed by atoms with Crippen molar-refractivity contribution in [3.05, 3.63) is 54.1 Å². The van der Waals surface area contributed by atoms with E-state index < -0.39 is 0 Å². The lowest BCUT2D eigenvalue weighted by atomic mass is 10.0. The molecule has 0 spiro atoms. The minimum Gasteiger partial charge on any atom is -0.384 e. The molecule has 1 aliphatic heterocycles.